The van der Waals surface area contributed by atoms with Crippen molar-refractivity contribution < 1.29 is 13.5 Å². The third-order valence-electron chi connectivity index (χ3n) is 4.39. The van der Waals surface area contributed by atoms with Gasteiger partial charge in [-0.1, -0.05) is 0 Å². The van der Waals surface area contributed by atoms with Gasteiger partial charge in [0, 0.05) is 43.8 Å². The summed E-state index contributed by atoms with van der Waals surface area (Å²) in [6.07, 6.45) is 3.12. The summed E-state index contributed by atoms with van der Waals surface area (Å²) in [6, 6.07) is 2.16. The zero-order valence-corrected chi connectivity index (χ0v) is 14.8. The van der Waals surface area contributed by atoms with E-state index in [1.165, 1.54) is 4.31 Å². The van der Waals surface area contributed by atoms with Gasteiger partial charge in [0.1, 0.15) is 0 Å². The van der Waals surface area contributed by atoms with Gasteiger partial charge >= 0.3 is 0 Å². The van der Waals surface area contributed by atoms with Crippen molar-refractivity contribution in [3.8, 4) is 0 Å². The molecule has 2 aromatic heterocycles. The lowest BCUT2D eigenvalue weighted by Gasteiger charge is -2.14. The molecular weight excluding hydrogens is 334 g/mol. The minimum absolute atomic E-state index is 0.0209. The molecule has 0 unspecified atom stereocenters. The first-order valence-electron chi connectivity index (χ1n) is 7.60. The van der Waals surface area contributed by atoms with Gasteiger partial charge in [0.15, 0.2) is 5.03 Å². The fourth-order valence-corrected chi connectivity index (χ4v) is 5.11. The Balaban J connectivity index is 1.86. The zero-order valence-electron chi connectivity index (χ0n) is 13.2. The lowest BCUT2D eigenvalue weighted by atomic mass is 9.92. The van der Waals surface area contributed by atoms with E-state index in [9.17, 15) is 13.5 Å². The first kappa shape index (κ1) is 16.6. The minimum atomic E-state index is -3.62. The standard InChI is InChI=1S/C15H21N3O3S2/c1-11(2)17-7-15(16-10-17)23(20,21)18-5-13(8-19)14(6-18)12-3-4-22-9-12/h3-4,7,9-11,13-14,19H,5-6,8H2,1-2H3/t13-,14-/m0/s1. The van der Waals surface area contributed by atoms with Gasteiger partial charge in [0.05, 0.1) is 6.33 Å². The molecule has 0 bridgehead atoms. The SMILES string of the molecule is CC(C)n1cnc(S(=O)(=O)N2C[C@@H](CO)[C@H](c3ccsc3)C2)c1. The van der Waals surface area contributed by atoms with Crippen molar-refractivity contribution >= 4 is 21.4 Å². The highest BCUT2D eigenvalue weighted by molar-refractivity contribution is 7.89. The molecule has 1 fully saturated rings. The molecule has 126 valence electrons. The van der Waals surface area contributed by atoms with E-state index < -0.39 is 10.0 Å². The van der Waals surface area contributed by atoms with Gasteiger partial charge in [0.25, 0.3) is 10.0 Å². The Kier molecular flexibility index (Phi) is 4.59. The summed E-state index contributed by atoms with van der Waals surface area (Å²) in [4.78, 5) is 4.07. The van der Waals surface area contributed by atoms with Crippen LogP contribution in [0.4, 0.5) is 0 Å². The van der Waals surface area contributed by atoms with Crippen LogP contribution in [0, 0.1) is 5.92 Å². The van der Waals surface area contributed by atoms with Gasteiger partial charge in [-0.3, -0.25) is 0 Å². The van der Waals surface area contributed by atoms with Crippen molar-refractivity contribution in [3.05, 3.63) is 34.9 Å². The maximum absolute atomic E-state index is 12.8. The van der Waals surface area contributed by atoms with Gasteiger partial charge in [0.2, 0.25) is 0 Å². The number of aliphatic hydroxyl groups excluding tert-OH is 1. The van der Waals surface area contributed by atoms with Gasteiger partial charge in [-0.15, -0.1) is 0 Å². The molecule has 1 aliphatic rings. The van der Waals surface area contributed by atoms with Crippen molar-refractivity contribution in [1.29, 1.82) is 0 Å². The smallest absolute Gasteiger partial charge is 0.262 e. The van der Waals surface area contributed by atoms with E-state index in [1.54, 1.807) is 28.4 Å². The highest BCUT2D eigenvalue weighted by Crippen LogP contribution is 2.36. The van der Waals surface area contributed by atoms with Crippen molar-refractivity contribution in [2.24, 2.45) is 5.92 Å². The Morgan fingerprint density at radius 2 is 2.22 bits per heavy atom. The molecule has 0 saturated carbocycles. The summed E-state index contributed by atoms with van der Waals surface area (Å²) in [5.74, 6) is -0.0419. The van der Waals surface area contributed by atoms with Gasteiger partial charge < -0.3 is 9.67 Å². The number of imidazole rings is 1. The summed E-state index contributed by atoms with van der Waals surface area (Å²) >= 11 is 1.59. The number of hydrogen-bond donors (Lipinski definition) is 1. The van der Waals surface area contributed by atoms with Crippen LogP contribution < -0.4 is 0 Å². The summed E-state index contributed by atoms with van der Waals surface area (Å²) in [7, 11) is -3.62. The van der Waals surface area contributed by atoms with Gasteiger partial charge in [-0.05, 0) is 36.2 Å². The molecule has 23 heavy (non-hydrogen) atoms. The van der Waals surface area contributed by atoms with Gasteiger partial charge in [-0.25, -0.2) is 13.4 Å². The molecule has 1 aliphatic heterocycles. The van der Waals surface area contributed by atoms with Crippen LogP contribution in [-0.4, -0.2) is 47.1 Å². The van der Waals surface area contributed by atoms with E-state index in [0.717, 1.165) is 5.56 Å². The Bertz CT molecular complexity index is 753. The monoisotopic (exact) mass is 355 g/mol. The molecule has 1 N–H and O–H groups in total. The van der Waals surface area contributed by atoms with Crippen LogP contribution in [0.15, 0.2) is 34.4 Å². The highest BCUT2D eigenvalue weighted by Gasteiger charge is 2.40. The molecule has 2 aromatic rings. The van der Waals surface area contributed by atoms with E-state index in [1.807, 2.05) is 30.7 Å². The molecule has 0 radical (unpaired) electrons. The maximum Gasteiger partial charge on any atom is 0.262 e. The second kappa shape index (κ2) is 6.35. The number of sulfonamides is 1. The van der Waals surface area contributed by atoms with Crippen molar-refractivity contribution in [2.75, 3.05) is 19.7 Å². The molecule has 3 heterocycles. The average molecular weight is 355 g/mol. The molecule has 0 aliphatic carbocycles. The van der Waals surface area contributed by atoms with Crippen LogP contribution in [0.25, 0.3) is 0 Å². The second-order valence-corrected chi connectivity index (χ2v) is 8.85. The molecule has 1 saturated heterocycles. The number of aromatic nitrogens is 2. The molecule has 8 heteroatoms. The average Bonchev–Trinajstić information content (AvgIpc) is 3.25. The largest absolute Gasteiger partial charge is 0.396 e. The van der Waals surface area contributed by atoms with Crippen LogP contribution in [0.2, 0.25) is 0 Å². The molecule has 6 nitrogen and oxygen atoms in total. The fourth-order valence-electron chi connectivity index (χ4n) is 2.94. The predicted octanol–water partition coefficient (Wildman–Crippen LogP) is 1.92. The van der Waals surface area contributed by atoms with E-state index >= 15 is 0 Å². The number of hydrogen-bond acceptors (Lipinski definition) is 5. The Morgan fingerprint density at radius 3 is 2.78 bits per heavy atom. The van der Waals surface area contributed by atoms with E-state index in [2.05, 4.69) is 4.98 Å². The van der Waals surface area contributed by atoms with E-state index in [0.29, 0.717) is 13.1 Å². The lowest BCUT2D eigenvalue weighted by molar-refractivity contribution is 0.223. The highest BCUT2D eigenvalue weighted by atomic mass is 32.2. The summed E-state index contributed by atoms with van der Waals surface area (Å²) in [5, 5.41) is 13.7. The Morgan fingerprint density at radius 1 is 1.43 bits per heavy atom. The zero-order chi connectivity index (χ0) is 16.6. The third kappa shape index (κ3) is 3.08. The first-order valence-corrected chi connectivity index (χ1v) is 9.98. The van der Waals surface area contributed by atoms with Gasteiger partial charge in [-0.2, -0.15) is 15.6 Å². The van der Waals surface area contributed by atoms with Crippen LogP contribution >= 0.6 is 11.3 Å². The number of thiophene rings is 1. The lowest BCUT2D eigenvalue weighted by Crippen LogP contribution is -2.29. The normalized spacial score (nSPS) is 23.0. The summed E-state index contributed by atoms with van der Waals surface area (Å²) in [6.45, 7) is 4.64. The summed E-state index contributed by atoms with van der Waals surface area (Å²) in [5.41, 5.74) is 1.10. The van der Waals surface area contributed by atoms with Crippen LogP contribution in [0.1, 0.15) is 31.4 Å². The summed E-state index contributed by atoms with van der Waals surface area (Å²) < 4.78 is 28.9. The number of aliphatic hydroxyl groups is 1. The first-order chi connectivity index (χ1) is 10.9. The van der Waals surface area contributed by atoms with E-state index in [-0.39, 0.29) is 29.5 Å². The Hall–Kier alpha value is -1.22. The van der Waals surface area contributed by atoms with Crippen molar-refractivity contribution in [3.63, 3.8) is 0 Å². The topological polar surface area (TPSA) is 75.4 Å². The van der Waals surface area contributed by atoms with Crippen molar-refractivity contribution in [2.45, 2.75) is 30.8 Å². The number of rotatable bonds is 5. The molecule has 0 spiro atoms. The van der Waals surface area contributed by atoms with Crippen molar-refractivity contribution in [1.82, 2.24) is 13.9 Å². The Labute approximate surface area is 140 Å². The molecule has 0 amide bonds. The van der Waals surface area contributed by atoms with Crippen LogP contribution in [-0.2, 0) is 10.0 Å². The molecule has 2 atom stereocenters. The molecular formula is C15H21N3O3S2. The number of nitrogens with zero attached hydrogens (tertiary/aromatic N) is 3. The van der Waals surface area contributed by atoms with E-state index in [4.69, 9.17) is 0 Å². The van der Waals surface area contributed by atoms with Crippen LogP contribution in [0.5, 0.6) is 0 Å². The second-order valence-electron chi connectivity index (χ2n) is 6.18. The van der Waals surface area contributed by atoms with Crippen LogP contribution in [0.3, 0.4) is 0 Å². The fraction of sp³-hybridized carbons (Fsp3) is 0.533. The predicted molar refractivity (Wildman–Crippen MR) is 89.0 cm³/mol. The molecule has 0 aromatic carbocycles. The minimum Gasteiger partial charge on any atom is -0.396 e. The quantitative estimate of drug-likeness (QED) is 0.889. The third-order valence-corrected chi connectivity index (χ3v) is 6.81. The molecule has 3 rings (SSSR count). The maximum atomic E-state index is 12.8.